The molecule has 0 saturated carbocycles. The minimum absolute atomic E-state index is 0.0195. The first-order chi connectivity index (χ1) is 8.93. The van der Waals surface area contributed by atoms with Gasteiger partial charge >= 0.3 is 0 Å². The lowest BCUT2D eigenvalue weighted by Gasteiger charge is -2.29. The van der Waals surface area contributed by atoms with Crippen LogP contribution in [-0.4, -0.2) is 34.6 Å². The van der Waals surface area contributed by atoms with Gasteiger partial charge < -0.3 is 9.64 Å². The fourth-order valence-electron chi connectivity index (χ4n) is 2.12. The van der Waals surface area contributed by atoms with E-state index in [0.717, 1.165) is 11.3 Å². The van der Waals surface area contributed by atoms with E-state index in [0.29, 0.717) is 26.0 Å². The number of amides is 1. The number of rotatable bonds is 4. The van der Waals surface area contributed by atoms with Crippen LogP contribution in [0.5, 0.6) is 0 Å². The quantitative estimate of drug-likeness (QED) is 0.792. The number of aryl methyl sites for hydroxylation is 1. The van der Waals surface area contributed by atoms with Crippen LogP contribution < -0.4 is 4.90 Å². The standard InChI is InChI=1S/C12H14ClNO4S/c1-18-7-6-14-11-4-3-10(19(13,16)17)8-9(11)2-5-12(14)15/h3-4,8H,2,5-7H2,1H3. The Bertz CT molecular complexity index is 600. The molecule has 1 aliphatic heterocycles. The van der Waals surface area contributed by atoms with Crippen molar-refractivity contribution in [2.24, 2.45) is 0 Å². The SMILES string of the molecule is COCCN1C(=O)CCc2cc(S(=O)(=O)Cl)ccc21. The maximum atomic E-state index is 11.9. The van der Waals surface area contributed by atoms with Gasteiger partial charge in [-0.3, -0.25) is 4.79 Å². The van der Waals surface area contributed by atoms with E-state index in [1.165, 1.54) is 12.1 Å². The van der Waals surface area contributed by atoms with Crippen molar-refractivity contribution >= 4 is 31.3 Å². The minimum Gasteiger partial charge on any atom is -0.383 e. The number of ether oxygens (including phenoxy) is 1. The summed E-state index contributed by atoms with van der Waals surface area (Å²) in [6.45, 7) is 0.885. The number of fused-ring (bicyclic) bond motifs is 1. The summed E-state index contributed by atoms with van der Waals surface area (Å²) in [6, 6.07) is 4.57. The average molecular weight is 304 g/mol. The van der Waals surface area contributed by atoms with Crippen LogP contribution in [0.4, 0.5) is 5.69 Å². The van der Waals surface area contributed by atoms with Gasteiger partial charge in [-0.1, -0.05) is 0 Å². The van der Waals surface area contributed by atoms with Gasteiger partial charge in [0.2, 0.25) is 5.91 Å². The van der Waals surface area contributed by atoms with Crippen LogP contribution in [0.2, 0.25) is 0 Å². The predicted molar refractivity (Wildman–Crippen MR) is 72.0 cm³/mol. The molecule has 2 rings (SSSR count). The molecule has 1 aliphatic rings. The molecule has 1 aromatic rings. The Morgan fingerprint density at radius 1 is 1.37 bits per heavy atom. The van der Waals surface area contributed by atoms with Gasteiger partial charge in [0.1, 0.15) is 0 Å². The molecule has 0 atom stereocenters. The molecule has 0 saturated heterocycles. The topological polar surface area (TPSA) is 63.7 Å². The molecule has 0 aromatic heterocycles. The second kappa shape index (κ2) is 5.48. The van der Waals surface area contributed by atoms with Crippen LogP contribution in [0.1, 0.15) is 12.0 Å². The van der Waals surface area contributed by atoms with Crippen molar-refractivity contribution in [3.63, 3.8) is 0 Å². The first-order valence-electron chi connectivity index (χ1n) is 5.80. The average Bonchev–Trinajstić information content (AvgIpc) is 2.36. The van der Waals surface area contributed by atoms with Crippen molar-refractivity contribution in [2.45, 2.75) is 17.7 Å². The van der Waals surface area contributed by atoms with Gasteiger partial charge in [-0.2, -0.15) is 0 Å². The second-order valence-electron chi connectivity index (χ2n) is 4.27. The number of hydrogen-bond acceptors (Lipinski definition) is 4. The fraction of sp³-hybridized carbons (Fsp3) is 0.417. The molecule has 104 valence electrons. The van der Waals surface area contributed by atoms with Gasteiger partial charge in [-0.15, -0.1) is 0 Å². The van der Waals surface area contributed by atoms with Crippen LogP contribution in [0, 0.1) is 0 Å². The normalized spacial score (nSPS) is 15.5. The molecule has 1 aromatic carbocycles. The van der Waals surface area contributed by atoms with Gasteiger partial charge in [0.15, 0.2) is 0 Å². The molecule has 0 bridgehead atoms. The van der Waals surface area contributed by atoms with Gasteiger partial charge in [-0.25, -0.2) is 8.42 Å². The third-order valence-corrected chi connectivity index (χ3v) is 4.40. The van der Waals surface area contributed by atoms with Crippen molar-refractivity contribution in [1.82, 2.24) is 0 Å². The highest BCUT2D eigenvalue weighted by Gasteiger charge is 2.25. The number of carbonyl (C=O) groups is 1. The Balaban J connectivity index is 2.38. The summed E-state index contributed by atoms with van der Waals surface area (Å²) in [6.07, 6.45) is 0.889. The molecular formula is C12H14ClNO4S. The zero-order chi connectivity index (χ0) is 14.0. The Hall–Kier alpha value is -1.11. The lowest BCUT2D eigenvalue weighted by molar-refractivity contribution is -0.119. The molecule has 1 heterocycles. The van der Waals surface area contributed by atoms with Crippen LogP contribution in [0.3, 0.4) is 0 Å². The third-order valence-electron chi connectivity index (χ3n) is 3.05. The molecule has 7 heteroatoms. The first-order valence-corrected chi connectivity index (χ1v) is 8.11. The van der Waals surface area contributed by atoms with E-state index in [-0.39, 0.29) is 10.8 Å². The highest BCUT2D eigenvalue weighted by Crippen LogP contribution is 2.30. The van der Waals surface area contributed by atoms with Crippen molar-refractivity contribution in [3.05, 3.63) is 23.8 Å². The molecule has 0 aliphatic carbocycles. The molecule has 0 fully saturated rings. The largest absolute Gasteiger partial charge is 0.383 e. The lowest BCUT2D eigenvalue weighted by Crippen LogP contribution is -2.37. The molecule has 5 nitrogen and oxygen atoms in total. The molecule has 0 radical (unpaired) electrons. The van der Waals surface area contributed by atoms with Gasteiger partial charge in [0.05, 0.1) is 11.5 Å². The number of halogens is 1. The molecule has 19 heavy (non-hydrogen) atoms. The van der Waals surface area contributed by atoms with E-state index < -0.39 is 9.05 Å². The summed E-state index contributed by atoms with van der Waals surface area (Å²) >= 11 is 0. The third kappa shape index (κ3) is 3.08. The monoisotopic (exact) mass is 303 g/mol. The Labute approximate surface area is 116 Å². The second-order valence-corrected chi connectivity index (χ2v) is 6.83. The van der Waals surface area contributed by atoms with Gasteiger partial charge in [0, 0.05) is 36.4 Å². The van der Waals surface area contributed by atoms with E-state index in [1.807, 2.05) is 0 Å². The molecule has 0 unspecified atom stereocenters. The zero-order valence-corrected chi connectivity index (χ0v) is 12.0. The van der Waals surface area contributed by atoms with Crippen LogP contribution in [0.25, 0.3) is 0 Å². The van der Waals surface area contributed by atoms with Crippen LogP contribution in [-0.2, 0) is 25.0 Å². The number of anilines is 1. The summed E-state index contributed by atoms with van der Waals surface area (Å²) in [7, 11) is 3.15. The van der Waals surface area contributed by atoms with Crippen LogP contribution in [0.15, 0.2) is 23.1 Å². The molecule has 1 amide bonds. The zero-order valence-electron chi connectivity index (χ0n) is 10.4. The van der Waals surface area contributed by atoms with E-state index in [4.69, 9.17) is 15.4 Å². The van der Waals surface area contributed by atoms with Crippen molar-refractivity contribution in [3.8, 4) is 0 Å². The van der Waals surface area contributed by atoms with Gasteiger partial charge in [0.25, 0.3) is 9.05 Å². The fourth-order valence-corrected chi connectivity index (χ4v) is 2.92. The summed E-state index contributed by atoms with van der Waals surface area (Å²) in [5.41, 5.74) is 1.55. The van der Waals surface area contributed by atoms with E-state index >= 15 is 0 Å². The summed E-state index contributed by atoms with van der Waals surface area (Å²) < 4.78 is 27.6. The molecule has 0 spiro atoms. The smallest absolute Gasteiger partial charge is 0.261 e. The molecular weight excluding hydrogens is 290 g/mol. The Kier molecular flexibility index (Phi) is 4.13. The minimum atomic E-state index is -3.74. The summed E-state index contributed by atoms with van der Waals surface area (Å²) in [5.74, 6) is 0.0195. The summed E-state index contributed by atoms with van der Waals surface area (Å²) in [5, 5.41) is 0. The van der Waals surface area contributed by atoms with Crippen LogP contribution >= 0.6 is 10.7 Å². The van der Waals surface area contributed by atoms with Crippen molar-refractivity contribution < 1.29 is 17.9 Å². The number of benzene rings is 1. The maximum absolute atomic E-state index is 11.9. The predicted octanol–water partition coefficient (Wildman–Crippen LogP) is 1.54. The number of nitrogens with zero attached hydrogens (tertiary/aromatic N) is 1. The van der Waals surface area contributed by atoms with E-state index in [2.05, 4.69) is 0 Å². The number of carbonyl (C=O) groups excluding carboxylic acids is 1. The van der Waals surface area contributed by atoms with Crippen molar-refractivity contribution in [2.75, 3.05) is 25.2 Å². The Morgan fingerprint density at radius 3 is 2.74 bits per heavy atom. The number of methoxy groups -OCH3 is 1. The number of hydrogen-bond donors (Lipinski definition) is 0. The van der Waals surface area contributed by atoms with Crippen molar-refractivity contribution in [1.29, 1.82) is 0 Å². The summed E-state index contributed by atoms with van der Waals surface area (Å²) in [4.78, 5) is 13.6. The van der Waals surface area contributed by atoms with Gasteiger partial charge in [-0.05, 0) is 30.2 Å². The maximum Gasteiger partial charge on any atom is 0.261 e. The molecule has 0 N–H and O–H groups in total. The lowest BCUT2D eigenvalue weighted by atomic mass is 10.0. The first kappa shape index (κ1) is 14.3. The highest BCUT2D eigenvalue weighted by molar-refractivity contribution is 8.13. The Morgan fingerprint density at radius 2 is 2.11 bits per heavy atom. The van der Waals surface area contributed by atoms with E-state index in [9.17, 15) is 13.2 Å². The highest BCUT2D eigenvalue weighted by atomic mass is 35.7. The van der Waals surface area contributed by atoms with E-state index in [1.54, 1.807) is 18.1 Å².